The Morgan fingerprint density at radius 1 is 1.29 bits per heavy atom. The first-order valence-corrected chi connectivity index (χ1v) is 7.79. The van der Waals surface area contributed by atoms with Gasteiger partial charge in [-0.15, -0.1) is 16.4 Å². The van der Waals surface area contributed by atoms with Crippen LogP contribution in [0.4, 0.5) is 5.69 Å². The highest BCUT2D eigenvalue weighted by molar-refractivity contribution is 8.01. The van der Waals surface area contributed by atoms with Crippen LogP contribution in [0.15, 0.2) is 27.6 Å². The zero-order chi connectivity index (χ0) is 15.0. The molecule has 0 fully saturated rings. The molecule has 0 bridgehead atoms. The van der Waals surface area contributed by atoms with Gasteiger partial charge in [0.1, 0.15) is 11.1 Å². The maximum Gasteiger partial charge on any atom is 0.157 e. The number of nitriles is 1. The normalized spacial score (nSPS) is 10.7. The maximum absolute atomic E-state index is 9.31. The molecule has 5 nitrogen and oxygen atoms in total. The lowest BCUT2D eigenvalue weighted by molar-refractivity contribution is 0.871. The number of hydrogen-bond acceptors (Lipinski definition) is 7. The summed E-state index contributed by atoms with van der Waals surface area (Å²) in [6, 6.07) is 7.82. The van der Waals surface area contributed by atoms with E-state index in [4.69, 9.17) is 5.73 Å². The van der Waals surface area contributed by atoms with Gasteiger partial charge in [0, 0.05) is 5.69 Å². The molecule has 1 aromatic carbocycles. The average Bonchev–Trinajstić information content (AvgIpc) is 2.84. The summed E-state index contributed by atoms with van der Waals surface area (Å²) in [7, 11) is 0. The van der Waals surface area contributed by atoms with Gasteiger partial charge in [-0.05, 0) is 49.4 Å². The fourth-order valence-electron chi connectivity index (χ4n) is 1.84. The largest absolute Gasteiger partial charge is 0.399 e. The molecule has 0 unspecified atom stereocenters. The van der Waals surface area contributed by atoms with E-state index in [2.05, 4.69) is 21.3 Å². The highest BCUT2D eigenvalue weighted by Gasteiger charge is 2.14. The molecule has 104 valence electrons. The molecule has 0 saturated carbocycles. The number of aromatic nitrogens is 3. The molecule has 0 saturated heterocycles. The summed E-state index contributed by atoms with van der Waals surface area (Å²) < 4.78 is 1.84. The first kappa shape index (κ1) is 13.8. The lowest BCUT2D eigenvalue weighted by Crippen LogP contribution is -1.98. The summed E-state index contributed by atoms with van der Waals surface area (Å²) in [6.45, 7) is 3.73. The van der Waals surface area contributed by atoms with Crippen molar-refractivity contribution in [2.24, 2.45) is 0 Å². The Balaban J connectivity index is 2.03. The minimum Gasteiger partial charge on any atom is -0.399 e. The van der Waals surface area contributed by atoms with Crippen molar-refractivity contribution in [3.8, 4) is 6.07 Å². The predicted molar refractivity (Wildman–Crippen MR) is 84.4 cm³/mol. The van der Waals surface area contributed by atoms with Crippen LogP contribution in [0.2, 0.25) is 0 Å². The average molecular weight is 313 g/mol. The van der Waals surface area contributed by atoms with E-state index < -0.39 is 0 Å². The molecule has 3 rings (SSSR count). The van der Waals surface area contributed by atoms with Crippen molar-refractivity contribution < 1.29 is 0 Å². The van der Waals surface area contributed by atoms with Gasteiger partial charge >= 0.3 is 0 Å². The van der Waals surface area contributed by atoms with Crippen LogP contribution in [0.25, 0.3) is 10.2 Å². The molecule has 0 radical (unpaired) electrons. The molecule has 0 aliphatic heterocycles. The van der Waals surface area contributed by atoms with E-state index in [9.17, 15) is 5.26 Å². The fraction of sp³-hybridized carbons (Fsp3) is 0.143. The van der Waals surface area contributed by atoms with E-state index in [0.29, 0.717) is 16.3 Å². The number of nitrogens with zero attached hydrogens (tertiary/aromatic N) is 4. The third-order valence-electron chi connectivity index (χ3n) is 3.11. The van der Waals surface area contributed by atoms with E-state index >= 15 is 0 Å². The van der Waals surface area contributed by atoms with Crippen LogP contribution in [0, 0.1) is 25.2 Å². The van der Waals surface area contributed by atoms with Gasteiger partial charge in [0.15, 0.2) is 4.34 Å². The van der Waals surface area contributed by atoms with Gasteiger partial charge in [0.2, 0.25) is 0 Å². The minimum absolute atomic E-state index is 0.561. The Morgan fingerprint density at radius 2 is 2.10 bits per heavy atom. The fourth-order valence-corrected chi connectivity index (χ4v) is 3.95. The molecule has 2 heterocycles. The van der Waals surface area contributed by atoms with Gasteiger partial charge in [-0.25, -0.2) is 4.98 Å². The Morgan fingerprint density at radius 3 is 2.86 bits per heavy atom. The molecule has 7 heteroatoms. The molecule has 0 aliphatic carbocycles. The smallest absolute Gasteiger partial charge is 0.157 e. The third-order valence-corrected chi connectivity index (χ3v) is 5.17. The second kappa shape index (κ2) is 5.31. The first-order valence-electron chi connectivity index (χ1n) is 6.16. The van der Waals surface area contributed by atoms with Gasteiger partial charge in [0.25, 0.3) is 0 Å². The number of thiazole rings is 1. The summed E-state index contributed by atoms with van der Waals surface area (Å²) in [5.74, 6) is 0. The first-order chi connectivity index (χ1) is 10.1. The number of fused-ring (bicyclic) bond motifs is 1. The third kappa shape index (κ3) is 2.55. The Bertz CT molecular complexity index is 879. The van der Waals surface area contributed by atoms with E-state index in [1.165, 1.54) is 23.1 Å². The van der Waals surface area contributed by atoms with Gasteiger partial charge in [-0.1, -0.05) is 0 Å². The SMILES string of the molecule is Cc1nnc(Sc2nc3ccc(N)cc3s2)c(C#N)c1C. The Kier molecular flexibility index (Phi) is 3.49. The minimum atomic E-state index is 0.561. The lowest BCUT2D eigenvalue weighted by Gasteiger charge is -2.04. The second-order valence-electron chi connectivity index (χ2n) is 4.51. The van der Waals surface area contributed by atoms with Crippen molar-refractivity contribution in [2.45, 2.75) is 23.2 Å². The molecule has 0 atom stereocenters. The number of hydrogen-bond donors (Lipinski definition) is 1. The lowest BCUT2D eigenvalue weighted by atomic mass is 10.1. The van der Waals surface area contributed by atoms with Crippen molar-refractivity contribution in [1.29, 1.82) is 5.26 Å². The zero-order valence-electron chi connectivity index (χ0n) is 11.4. The molecule has 0 aliphatic rings. The molecule has 3 aromatic rings. The van der Waals surface area contributed by atoms with Crippen molar-refractivity contribution in [3.63, 3.8) is 0 Å². The number of rotatable bonds is 2. The summed E-state index contributed by atoms with van der Waals surface area (Å²) in [6.07, 6.45) is 0. The van der Waals surface area contributed by atoms with Crippen molar-refractivity contribution in [3.05, 3.63) is 35.0 Å². The van der Waals surface area contributed by atoms with Crippen LogP contribution in [-0.2, 0) is 0 Å². The molecule has 2 aromatic heterocycles. The summed E-state index contributed by atoms with van der Waals surface area (Å²) >= 11 is 2.89. The van der Waals surface area contributed by atoms with Crippen LogP contribution in [0.1, 0.15) is 16.8 Å². The molecule has 21 heavy (non-hydrogen) atoms. The standard InChI is InChI=1S/C14H11N5S2/c1-7-8(2)18-19-13(10(7)6-15)21-14-17-11-4-3-9(16)5-12(11)20-14/h3-5H,16H2,1-2H3. The highest BCUT2D eigenvalue weighted by atomic mass is 32.2. The maximum atomic E-state index is 9.31. The van der Waals surface area contributed by atoms with Crippen molar-refractivity contribution >= 4 is 39.0 Å². The monoisotopic (exact) mass is 313 g/mol. The summed E-state index contributed by atoms with van der Waals surface area (Å²) in [5.41, 5.74) is 9.58. The van der Waals surface area contributed by atoms with E-state index in [0.717, 1.165) is 25.8 Å². The molecule has 0 spiro atoms. The summed E-state index contributed by atoms with van der Waals surface area (Å²) in [5, 5.41) is 18.1. The van der Waals surface area contributed by atoms with E-state index in [-0.39, 0.29) is 0 Å². The molecule has 2 N–H and O–H groups in total. The molecule has 0 amide bonds. The van der Waals surface area contributed by atoms with E-state index in [1.807, 2.05) is 32.0 Å². The van der Waals surface area contributed by atoms with Crippen LogP contribution in [-0.4, -0.2) is 15.2 Å². The quantitative estimate of drug-likeness (QED) is 0.730. The van der Waals surface area contributed by atoms with Crippen molar-refractivity contribution in [2.75, 3.05) is 5.73 Å². The van der Waals surface area contributed by atoms with Crippen LogP contribution < -0.4 is 5.73 Å². The van der Waals surface area contributed by atoms with E-state index in [1.54, 1.807) is 0 Å². The Labute approximate surface area is 129 Å². The number of aryl methyl sites for hydroxylation is 1. The topological polar surface area (TPSA) is 88.5 Å². The van der Waals surface area contributed by atoms with Crippen LogP contribution in [0.3, 0.4) is 0 Å². The van der Waals surface area contributed by atoms with Gasteiger partial charge in [-0.2, -0.15) is 10.4 Å². The highest BCUT2D eigenvalue weighted by Crippen LogP contribution is 2.36. The number of nitrogens with two attached hydrogens (primary N) is 1. The number of nitrogen functional groups attached to an aromatic ring is 1. The predicted octanol–water partition coefficient (Wildman–Crippen LogP) is 3.31. The molecular formula is C14H11N5S2. The van der Waals surface area contributed by atoms with Gasteiger partial charge in [0.05, 0.1) is 21.5 Å². The van der Waals surface area contributed by atoms with Gasteiger partial charge < -0.3 is 5.73 Å². The van der Waals surface area contributed by atoms with Crippen LogP contribution in [0.5, 0.6) is 0 Å². The Hall–Kier alpha value is -2.17. The zero-order valence-corrected chi connectivity index (χ0v) is 13.0. The number of benzene rings is 1. The number of anilines is 1. The van der Waals surface area contributed by atoms with Crippen LogP contribution >= 0.6 is 23.1 Å². The summed E-state index contributed by atoms with van der Waals surface area (Å²) in [4.78, 5) is 4.53. The second-order valence-corrected chi connectivity index (χ2v) is 6.78. The van der Waals surface area contributed by atoms with Gasteiger partial charge in [-0.3, -0.25) is 0 Å². The van der Waals surface area contributed by atoms with Crippen molar-refractivity contribution in [1.82, 2.24) is 15.2 Å². The molecular weight excluding hydrogens is 302 g/mol.